The second-order valence-corrected chi connectivity index (χ2v) is 7.84. The Balaban J connectivity index is 1.58. The second kappa shape index (κ2) is 7.99. The zero-order valence-electron chi connectivity index (χ0n) is 16.2. The summed E-state index contributed by atoms with van der Waals surface area (Å²) in [6, 6.07) is 9.50. The fourth-order valence-corrected chi connectivity index (χ4v) is 4.25. The van der Waals surface area contributed by atoms with Gasteiger partial charge in [0.25, 0.3) is 0 Å². The van der Waals surface area contributed by atoms with Gasteiger partial charge in [0.2, 0.25) is 0 Å². The average molecular weight is 357 g/mol. The van der Waals surface area contributed by atoms with Crippen LogP contribution in [0.5, 0.6) is 0 Å². The number of ether oxygens (including phenoxy) is 1. The fraction of sp³-hybridized carbons (Fsp3) is 0.619. The number of para-hydroxylation sites is 1. The highest BCUT2D eigenvalue weighted by Gasteiger charge is 2.20. The highest BCUT2D eigenvalue weighted by Crippen LogP contribution is 2.24. The molecule has 0 atom stereocenters. The standard InChI is InChI=1S/C21H32N4O/c1-18(2)23-8-5-9-24(11-10-23)25-17-19(16-22-12-14-26-15-13-22)20-6-3-4-7-21(20)25/h3-4,6-7,17-18H,5,8-16H2,1-2H3. The van der Waals surface area contributed by atoms with Gasteiger partial charge in [-0.25, -0.2) is 0 Å². The highest BCUT2D eigenvalue weighted by atomic mass is 16.5. The molecule has 2 saturated heterocycles. The maximum Gasteiger partial charge on any atom is 0.0698 e. The molecule has 2 aromatic rings. The highest BCUT2D eigenvalue weighted by molar-refractivity contribution is 5.84. The van der Waals surface area contributed by atoms with E-state index in [1.54, 1.807) is 0 Å². The predicted octanol–water partition coefficient (Wildman–Crippen LogP) is 2.53. The lowest BCUT2D eigenvalue weighted by Crippen LogP contribution is -2.39. The van der Waals surface area contributed by atoms with Crippen molar-refractivity contribution in [2.75, 3.05) is 57.5 Å². The van der Waals surface area contributed by atoms with E-state index in [2.05, 4.69) is 63.8 Å². The monoisotopic (exact) mass is 356 g/mol. The van der Waals surface area contributed by atoms with E-state index in [9.17, 15) is 0 Å². The van der Waals surface area contributed by atoms with Crippen molar-refractivity contribution in [3.63, 3.8) is 0 Å². The minimum Gasteiger partial charge on any atom is -0.379 e. The summed E-state index contributed by atoms with van der Waals surface area (Å²) >= 11 is 0. The molecule has 5 nitrogen and oxygen atoms in total. The van der Waals surface area contributed by atoms with E-state index >= 15 is 0 Å². The lowest BCUT2D eigenvalue weighted by atomic mass is 10.1. The Morgan fingerprint density at radius 1 is 0.962 bits per heavy atom. The Morgan fingerprint density at radius 3 is 2.58 bits per heavy atom. The van der Waals surface area contributed by atoms with Crippen molar-refractivity contribution < 1.29 is 4.74 Å². The maximum atomic E-state index is 5.51. The van der Waals surface area contributed by atoms with Gasteiger partial charge in [0.15, 0.2) is 0 Å². The van der Waals surface area contributed by atoms with Crippen molar-refractivity contribution in [1.29, 1.82) is 0 Å². The van der Waals surface area contributed by atoms with E-state index in [4.69, 9.17) is 4.74 Å². The Kier molecular flexibility index (Phi) is 5.48. The molecule has 1 aromatic heterocycles. The van der Waals surface area contributed by atoms with Gasteiger partial charge in [-0.3, -0.25) is 14.5 Å². The minimum atomic E-state index is 0.633. The molecule has 2 fully saturated rings. The summed E-state index contributed by atoms with van der Waals surface area (Å²) in [4.78, 5) is 5.11. The number of rotatable bonds is 4. The van der Waals surface area contributed by atoms with Crippen molar-refractivity contribution in [3.05, 3.63) is 36.0 Å². The first-order chi connectivity index (χ1) is 12.7. The van der Waals surface area contributed by atoms with Gasteiger partial charge < -0.3 is 9.75 Å². The number of aromatic nitrogens is 1. The Bertz CT molecular complexity index is 720. The first-order valence-corrected chi connectivity index (χ1v) is 10.1. The van der Waals surface area contributed by atoms with Gasteiger partial charge in [0.1, 0.15) is 0 Å². The van der Waals surface area contributed by atoms with Crippen LogP contribution in [0.2, 0.25) is 0 Å². The fourth-order valence-electron chi connectivity index (χ4n) is 4.25. The summed E-state index contributed by atoms with van der Waals surface area (Å²) in [5.74, 6) is 0. The van der Waals surface area contributed by atoms with Gasteiger partial charge in [0, 0.05) is 63.4 Å². The third-order valence-corrected chi connectivity index (χ3v) is 5.81. The van der Waals surface area contributed by atoms with Crippen molar-refractivity contribution in [1.82, 2.24) is 14.5 Å². The van der Waals surface area contributed by atoms with Gasteiger partial charge in [-0.05, 0) is 31.9 Å². The molecule has 0 amide bonds. The molecule has 0 radical (unpaired) electrons. The lowest BCUT2D eigenvalue weighted by Gasteiger charge is -2.27. The van der Waals surface area contributed by atoms with Gasteiger partial charge in [-0.2, -0.15) is 0 Å². The normalized spacial score (nSPS) is 20.8. The molecule has 1 aromatic carbocycles. The third-order valence-electron chi connectivity index (χ3n) is 5.81. The molecule has 0 unspecified atom stereocenters. The predicted molar refractivity (Wildman–Crippen MR) is 107 cm³/mol. The quantitative estimate of drug-likeness (QED) is 0.840. The van der Waals surface area contributed by atoms with Gasteiger partial charge in [-0.1, -0.05) is 18.2 Å². The van der Waals surface area contributed by atoms with Crippen LogP contribution in [-0.4, -0.2) is 73.0 Å². The van der Waals surface area contributed by atoms with E-state index in [1.165, 1.54) is 29.4 Å². The average Bonchev–Trinajstić information content (AvgIpc) is 2.85. The smallest absolute Gasteiger partial charge is 0.0698 e. The van der Waals surface area contributed by atoms with E-state index in [-0.39, 0.29) is 0 Å². The summed E-state index contributed by atoms with van der Waals surface area (Å²) in [5.41, 5.74) is 2.78. The molecule has 0 bridgehead atoms. The van der Waals surface area contributed by atoms with Crippen molar-refractivity contribution in [2.45, 2.75) is 32.9 Å². The van der Waals surface area contributed by atoms with E-state index in [1.807, 2.05) is 0 Å². The maximum absolute atomic E-state index is 5.51. The summed E-state index contributed by atoms with van der Waals surface area (Å²) in [5, 5.41) is 3.93. The van der Waals surface area contributed by atoms with E-state index in [0.29, 0.717) is 6.04 Å². The van der Waals surface area contributed by atoms with Gasteiger partial charge in [0.05, 0.1) is 18.7 Å². The summed E-state index contributed by atoms with van der Waals surface area (Å²) in [7, 11) is 0. The van der Waals surface area contributed by atoms with Crippen LogP contribution in [0.15, 0.2) is 30.5 Å². The van der Waals surface area contributed by atoms with Gasteiger partial charge in [-0.15, -0.1) is 0 Å². The van der Waals surface area contributed by atoms with Crippen LogP contribution in [0.25, 0.3) is 10.9 Å². The Labute approximate surface area is 157 Å². The minimum absolute atomic E-state index is 0.633. The van der Waals surface area contributed by atoms with Crippen LogP contribution in [0.4, 0.5) is 0 Å². The molecule has 26 heavy (non-hydrogen) atoms. The van der Waals surface area contributed by atoms with Crippen LogP contribution in [0.1, 0.15) is 25.8 Å². The van der Waals surface area contributed by atoms with Crippen LogP contribution in [0.3, 0.4) is 0 Å². The molecule has 5 heteroatoms. The van der Waals surface area contributed by atoms with Crippen molar-refractivity contribution in [2.24, 2.45) is 0 Å². The van der Waals surface area contributed by atoms with Crippen LogP contribution >= 0.6 is 0 Å². The van der Waals surface area contributed by atoms with Crippen LogP contribution in [-0.2, 0) is 11.3 Å². The molecule has 3 heterocycles. The van der Waals surface area contributed by atoms with Crippen molar-refractivity contribution in [3.8, 4) is 0 Å². The summed E-state index contributed by atoms with van der Waals surface area (Å²) in [6.45, 7) is 14.0. The number of fused-ring (bicyclic) bond motifs is 1. The molecule has 0 saturated carbocycles. The molecular formula is C21H32N4O. The topological polar surface area (TPSA) is 23.9 Å². The Hall–Kier alpha value is -1.56. The molecule has 0 aliphatic carbocycles. The number of hydrogen-bond donors (Lipinski definition) is 0. The molecule has 0 N–H and O–H groups in total. The van der Waals surface area contributed by atoms with Crippen LogP contribution in [0, 0.1) is 0 Å². The molecule has 0 spiro atoms. The zero-order valence-corrected chi connectivity index (χ0v) is 16.2. The number of benzene rings is 1. The van der Waals surface area contributed by atoms with Crippen LogP contribution < -0.4 is 5.01 Å². The SMILES string of the molecule is CC(C)N1CCCN(n2cc(CN3CCOCC3)c3ccccc32)CC1. The molecular weight excluding hydrogens is 324 g/mol. The lowest BCUT2D eigenvalue weighted by molar-refractivity contribution is 0.0343. The van der Waals surface area contributed by atoms with E-state index in [0.717, 1.165) is 52.5 Å². The summed E-state index contributed by atoms with van der Waals surface area (Å²) in [6.07, 6.45) is 3.61. The van der Waals surface area contributed by atoms with Gasteiger partial charge >= 0.3 is 0 Å². The zero-order chi connectivity index (χ0) is 17.9. The molecule has 2 aliphatic rings. The van der Waals surface area contributed by atoms with Crippen molar-refractivity contribution >= 4 is 10.9 Å². The van der Waals surface area contributed by atoms with E-state index < -0.39 is 0 Å². The molecule has 4 rings (SSSR count). The number of nitrogens with zero attached hydrogens (tertiary/aromatic N) is 4. The number of morpholine rings is 1. The molecule has 2 aliphatic heterocycles. The number of hydrogen-bond acceptors (Lipinski definition) is 4. The first-order valence-electron chi connectivity index (χ1n) is 10.1. The largest absolute Gasteiger partial charge is 0.379 e. The first kappa shape index (κ1) is 17.8. The molecule has 142 valence electrons. The summed E-state index contributed by atoms with van der Waals surface area (Å²) < 4.78 is 7.93. The third kappa shape index (κ3) is 3.75. The second-order valence-electron chi connectivity index (χ2n) is 7.84. The Morgan fingerprint density at radius 2 is 1.77 bits per heavy atom.